The molecule has 0 unspecified atom stereocenters. The first-order valence-electron chi connectivity index (χ1n) is 7.08. The Morgan fingerprint density at radius 2 is 2.00 bits per heavy atom. The summed E-state index contributed by atoms with van der Waals surface area (Å²) in [7, 11) is 0. The lowest BCUT2D eigenvalue weighted by molar-refractivity contribution is 0.102. The van der Waals surface area contributed by atoms with E-state index in [1.165, 1.54) is 6.20 Å². The summed E-state index contributed by atoms with van der Waals surface area (Å²) < 4.78 is 0. The molecule has 1 amide bonds. The highest BCUT2D eigenvalue weighted by atomic mass is 35.5. The van der Waals surface area contributed by atoms with Gasteiger partial charge in [0.25, 0.3) is 5.91 Å². The van der Waals surface area contributed by atoms with E-state index in [4.69, 9.17) is 11.6 Å². The van der Waals surface area contributed by atoms with Crippen LogP contribution in [0.3, 0.4) is 0 Å². The van der Waals surface area contributed by atoms with Crippen molar-refractivity contribution in [2.24, 2.45) is 0 Å². The molecule has 0 saturated carbocycles. The summed E-state index contributed by atoms with van der Waals surface area (Å²) in [4.78, 5) is 23.7. The quantitative estimate of drug-likeness (QED) is 0.715. The minimum absolute atomic E-state index is 0.216. The number of aryl methyl sites for hydroxylation is 2. The van der Waals surface area contributed by atoms with Crippen LogP contribution in [0, 0.1) is 13.8 Å². The number of halogens is 1. The third-order valence-corrected chi connectivity index (χ3v) is 3.79. The third-order valence-electron chi connectivity index (χ3n) is 3.58. The fraction of sp³-hybridized carbons (Fsp3) is 0.118. The number of rotatable bonds is 3. The number of H-pyrrole nitrogens is 1. The van der Waals surface area contributed by atoms with E-state index in [1.807, 2.05) is 32.0 Å². The van der Waals surface area contributed by atoms with Gasteiger partial charge in [-0.05, 0) is 37.1 Å². The molecule has 6 heteroatoms. The highest BCUT2D eigenvalue weighted by Crippen LogP contribution is 2.24. The second kappa shape index (κ2) is 6.22. The summed E-state index contributed by atoms with van der Waals surface area (Å²) in [5.74, 6) is 0.538. The van der Waals surface area contributed by atoms with E-state index in [0.717, 1.165) is 28.2 Å². The Bertz CT molecular complexity index is 859. The van der Waals surface area contributed by atoms with Gasteiger partial charge in [0.05, 0.1) is 5.56 Å². The molecule has 0 aliphatic heterocycles. The first-order chi connectivity index (χ1) is 11.0. The molecule has 0 bridgehead atoms. The molecule has 116 valence electrons. The number of pyridine rings is 1. The lowest BCUT2D eigenvalue weighted by Crippen LogP contribution is -2.14. The Balaban J connectivity index is 1.90. The van der Waals surface area contributed by atoms with E-state index < -0.39 is 0 Å². The SMILES string of the molecule is Cc1ccc(-c2ncc[nH]2)cc1NC(=O)c1cnc(Cl)cc1C. The molecule has 0 saturated heterocycles. The van der Waals surface area contributed by atoms with E-state index in [9.17, 15) is 4.79 Å². The average molecular weight is 327 g/mol. The highest BCUT2D eigenvalue weighted by molar-refractivity contribution is 6.29. The van der Waals surface area contributed by atoms with Gasteiger partial charge in [0.1, 0.15) is 11.0 Å². The molecule has 1 aromatic carbocycles. The number of aromatic nitrogens is 3. The van der Waals surface area contributed by atoms with Crippen molar-refractivity contribution in [2.45, 2.75) is 13.8 Å². The molecule has 2 heterocycles. The second-order valence-electron chi connectivity index (χ2n) is 5.24. The van der Waals surface area contributed by atoms with Crippen LogP contribution >= 0.6 is 11.6 Å². The molecule has 3 aromatic rings. The number of anilines is 1. The minimum atomic E-state index is -0.216. The Hall–Kier alpha value is -2.66. The van der Waals surface area contributed by atoms with Gasteiger partial charge in [-0.2, -0.15) is 0 Å². The molecule has 2 N–H and O–H groups in total. The number of carbonyl (C=O) groups excluding carboxylic acids is 1. The summed E-state index contributed by atoms with van der Waals surface area (Å²) in [6, 6.07) is 7.46. The molecular weight excluding hydrogens is 312 g/mol. The number of imidazole rings is 1. The lowest BCUT2D eigenvalue weighted by Gasteiger charge is -2.11. The van der Waals surface area contributed by atoms with Crippen molar-refractivity contribution >= 4 is 23.2 Å². The van der Waals surface area contributed by atoms with Gasteiger partial charge in [0.15, 0.2) is 0 Å². The number of aromatic amines is 1. The predicted octanol–water partition coefficient (Wildman–Crippen LogP) is 3.99. The van der Waals surface area contributed by atoms with Crippen LogP contribution in [-0.2, 0) is 0 Å². The van der Waals surface area contributed by atoms with Gasteiger partial charge >= 0.3 is 0 Å². The van der Waals surface area contributed by atoms with Gasteiger partial charge in [-0.15, -0.1) is 0 Å². The van der Waals surface area contributed by atoms with E-state index in [-0.39, 0.29) is 5.91 Å². The van der Waals surface area contributed by atoms with Crippen LogP contribution in [0.4, 0.5) is 5.69 Å². The largest absolute Gasteiger partial charge is 0.345 e. The Labute approximate surface area is 138 Å². The monoisotopic (exact) mass is 326 g/mol. The zero-order valence-corrected chi connectivity index (χ0v) is 13.5. The zero-order chi connectivity index (χ0) is 16.4. The fourth-order valence-corrected chi connectivity index (χ4v) is 2.49. The smallest absolute Gasteiger partial charge is 0.257 e. The number of hydrogen-bond donors (Lipinski definition) is 2. The number of nitrogens with zero attached hydrogens (tertiary/aromatic N) is 2. The van der Waals surface area contributed by atoms with Crippen LogP contribution in [0.5, 0.6) is 0 Å². The van der Waals surface area contributed by atoms with Crippen molar-refractivity contribution in [1.29, 1.82) is 0 Å². The summed E-state index contributed by atoms with van der Waals surface area (Å²) in [6.45, 7) is 3.77. The summed E-state index contributed by atoms with van der Waals surface area (Å²) in [5, 5.41) is 3.30. The Kier molecular flexibility index (Phi) is 4.12. The van der Waals surface area contributed by atoms with E-state index >= 15 is 0 Å². The molecule has 0 atom stereocenters. The maximum Gasteiger partial charge on any atom is 0.257 e. The summed E-state index contributed by atoms with van der Waals surface area (Å²) in [5.41, 5.74) is 3.88. The van der Waals surface area contributed by atoms with Crippen molar-refractivity contribution in [1.82, 2.24) is 15.0 Å². The second-order valence-corrected chi connectivity index (χ2v) is 5.63. The van der Waals surface area contributed by atoms with Crippen LogP contribution in [0.2, 0.25) is 5.15 Å². The van der Waals surface area contributed by atoms with E-state index in [1.54, 1.807) is 18.5 Å². The molecule has 0 spiro atoms. The van der Waals surface area contributed by atoms with Crippen molar-refractivity contribution in [3.8, 4) is 11.4 Å². The third kappa shape index (κ3) is 3.24. The zero-order valence-electron chi connectivity index (χ0n) is 12.7. The lowest BCUT2D eigenvalue weighted by atomic mass is 10.1. The molecule has 5 nitrogen and oxygen atoms in total. The average Bonchev–Trinajstić information content (AvgIpc) is 3.03. The molecule has 3 rings (SSSR count). The standard InChI is InChI=1S/C17H15ClN4O/c1-10-3-4-12(16-19-5-6-20-16)8-14(10)22-17(23)13-9-21-15(18)7-11(13)2/h3-9H,1-2H3,(H,19,20)(H,22,23). The van der Waals surface area contributed by atoms with Crippen molar-refractivity contribution in [2.75, 3.05) is 5.32 Å². The molecule has 0 radical (unpaired) electrons. The summed E-state index contributed by atoms with van der Waals surface area (Å²) in [6.07, 6.45) is 4.94. The number of amides is 1. The van der Waals surface area contributed by atoms with Gasteiger partial charge in [0.2, 0.25) is 0 Å². The number of nitrogens with one attached hydrogen (secondary N) is 2. The molecule has 2 aromatic heterocycles. The number of hydrogen-bond acceptors (Lipinski definition) is 3. The van der Waals surface area contributed by atoms with Gasteiger partial charge in [-0.1, -0.05) is 23.7 Å². The molecule has 0 aliphatic carbocycles. The normalized spacial score (nSPS) is 10.6. The highest BCUT2D eigenvalue weighted by Gasteiger charge is 2.12. The van der Waals surface area contributed by atoms with Gasteiger partial charge in [0, 0.05) is 29.8 Å². The van der Waals surface area contributed by atoms with Crippen molar-refractivity contribution in [3.05, 3.63) is 64.7 Å². The van der Waals surface area contributed by atoms with Crippen LogP contribution in [-0.4, -0.2) is 20.9 Å². The van der Waals surface area contributed by atoms with E-state index in [0.29, 0.717) is 10.7 Å². The Morgan fingerprint density at radius 1 is 1.17 bits per heavy atom. The molecule has 23 heavy (non-hydrogen) atoms. The minimum Gasteiger partial charge on any atom is -0.345 e. The molecular formula is C17H15ClN4O. The van der Waals surface area contributed by atoms with Crippen LogP contribution in [0.15, 0.2) is 42.9 Å². The number of carbonyl (C=O) groups is 1. The topological polar surface area (TPSA) is 70.7 Å². The van der Waals surface area contributed by atoms with Gasteiger partial charge in [-0.3, -0.25) is 4.79 Å². The van der Waals surface area contributed by atoms with E-state index in [2.05, 4.69) is 20.3 Å². The van der Waals surface area contributed by atoms with Crippen LogP contribution < -0.4 is 5.32 Å². The van der Waals surface area contributed by atoms with Crippen LogP contribution in [0.25, 0.3) is 11.4 Å². The first-order valence-corrected chi connectivity index (χ1v) is 7.46. The summed E-state index contributed by atoms with van der Waals surface area (Å²) >= 11 is 5.83. The Morgan fingerprint density at radius 3 is 2.70 bits per heavy atom. The fourth-order valence-electron chi connectivity index (χ4n) is 2.28. The number of benzene rings is 1. The maximum absolute atomic E-state index is 12.5. The molecule has 0 fully saturated rings. The van der Waals surface area contributed by atoms with Crippen LogP contribution in [0.1, 0.15) is 21.5 Å². The first kappa shape index (κ1) is 15.2. The molecule has 0 aliphatic rings. The maximum atomic E-state index is 12.5. The van der Waals surface area contributed by atoms with Gasteiger partial charge < -0.3 is 10.3 Å². The predicted molar refractivity (Wildman–Crippen MR) is 90.7 cm³/mol. The van der Waals surface area contributed by atoms with Crippen molar-refractivity contribution in [3.63, 3.8) is 0 Å². The van der Waals surface area contributed by atoms with Gasteiger partial charge in [-0.25, -0.2) is 9.97 Å². The van der Waals surface area contributed by atoms with Crippen molar-refractivity contribution < 1.29 is 4.79 Å².